The zero-order valence-electron chi connectivity index (χ0n) is 8.68. The molecule has 0 bridgehead atoms. The van der Waals surface area contributed by atoms with Gasteiger partial charge in [-0.15, -0.1) is 11.3 Å². The number of hydrogen-bond acceptors (Lipinski definition) is 5. The van der Waals surface area contributed by atoms with Crippen molar-refractivity contribution in [2.75, 3.05) is 11.9 Å². The van der Waals surface area contributed by atoms with Crippen molar-refractivity contribution < 1.29 is 29.7 Å². The van der Waals surface area contributed by atoms with Crippen molar-refractivity contribution in [3.63, 3.8) is 0 Å². The molecule has 17 heavy (non-hydrogen) atoms. The highest BCUT2D eigenvalue weighted by molar-refractivity contribution is 7.18. The Hall–Kier alpha value is -2.09. The lowest BCUT2D eigenvalue weighted by molar-refractivity contribution is -0.134. The summed E-state index contributed by atoms with van der Waals surface area (Å²) in [6, 6.07) is 0. The maximum absolute atomic E-state index is 10.9. The molecule has 0 atom stereocenters. The van der Waals surface area contributed by atoms with Gasteiger partial charge in [0.05, 0.1) is 5.56 Å². The molecule has 0 unspecified atom stereocenters. The van der Waals surface area contributed by atoms with Crippen molar-refractivity contribution in [1.29, 1.82) is 0 Å². The van der Waals surface area contributed by atoms with Crippen molar-refractivity contribution in [1.82, 2.24) is 0 Å². The van der Waals surface area contributed by atoms with E-state index < -0.39 is 24.5 Å². The van der Waals surface area contributed by atoms with Gasteiger partial charge in [-0.3, -0.25) is 4.79 Å². The number of carboxylic acids is 3. The molecule has 1 rings (SSSR count). The molecule has 0 saturated heterocycles. The van der Waals surface area contributed by atoms with Crippen molar-refractivity contribution in [3.8, 4) is 0 Å². The smallest absolute Gasteiger partial charge is 0.346 e. The lowest BCUT2D eigenvalue weighted by Gasteiger charge is -2.01. The molecule has 4 N–H and O–H groups in total. The fourth-order valence-electron chi connectivity index (χ4n) is 1.26. The van der Waals surface area contributed by atoms with Gasteiger partial charge < -0.3 is 20.6 Å². The number of carboxylic acid groups (broad SMARTS) is 3. The Morgan fingerprint density at radius 3 is 2.18 bits per heavy atom. The van der Waals surface area contributed by atoms with Gasteiger partial charge in [0.15, 0.2) is 0 Å². The van der Waals surface area contributed by atoms with Crippen LogP contribution >= 0.6 is 11.3 Å². The van der Waals surface area contributed by atoms with Gasteiger partial charge in [0.2, 0.25) is 0 Å². The lowest BCUT2D eigenvalue weighted by Crippen LogP contribution is -2.13. The molecule has 7 nitrogen and oxygen atoms in total. The average molecular weight is 259 g/mol. The average Bonchev–Trinajstić information content (AvgIpc) is 2.52. The van der Waals surface area contributed by atoms with E-state index in [9.17, 15) is 14.4 Å². The third kappa shape index (κ3) is 2.72. The minimum atomic E-state index is -1.29. The number of carbonyl (C=O) groups is 3. The molecule has 1 aromatic heterocycles. The summed E-state index contributed by atoms with van der Waals surface area (Å²) in [6.45, 7) is 0.897. The van der Waals surface area contributed by atoms with E-state index in [4.69, 9.17) is 15.3 Å². The molecule has 1 aromatic rings. The van der Waals surface area contributed by atoms with Crippen molar-refractivity contribution in [3.05, 3.63) is 16.0 Å². The Morgan fingerprint density at radius 2 is 1.76 bits per heavy atom. The van der Waals surface area contributed by atoms with Crippen LogP contribution in [0.1, 0.15) is 25.6 Å². The zero-order valence-corrected chi connectivity index (χ0v) is 9.50. The highest BCUT2D eigenvalue weighted by Gasteiger charge is 2.24. The fraction of sp³-hybridized carbons (Fsp3) is 0.222. The third-order valence-corrected chi connectivity index (χ3v) is 3.19. The van der Waals surface area contributed by atoms with Gasteiger partial charge >= 0.3 is 17.9 Å². The van der Waals surface area contributed by atoms with Crippen molar-refractivity contribution >= 4 is 34.2 Å². The summed E-state index contributed by atoms with van der Waals surface area (Å²) >= 11 is 0.710. The number of thiophene rings is 1. The SMILES string of the molecule is Cc1c(C(=O)O)sc(NCC(=O)O)c1C(=O)O. The number of rotatable bonds is 5. The van der Waals surface area contributed by atoms with Crippen LogP contribution < -0.4 is 5.32 Å². The summed E-state index contributed by atoms with van der Waals surface area (Å²) in [5, 5.41) is 28.7. The number of anilines is 1. The minimum absolute atomic E-state index is 0.0369. The predicted octanol–water partition coefficient (Wildman–Crippen LogP) is 0.949. The van der Waals surface area contributed by atoms with Crippen LogP contribution in [-0.2, 0) is 4.79 Å². The summed E-state index contributed by atoms with van der Waals surface area (Å²) in [7, 11) is 0. The topological polar surface area (TPSA) is 124 Å². The van der Waals surface area contributed by atoms with E-state index in [0.29, 0.717) is 11.3 Å². The molecule has 0 spiro atoms. The predicted molar refractivity (Wildman–Crippen MR) is 59.1 cm³/mol. The van der Waals surface area contributed by atoms with Crippen LogP contribution in [0.3, 0.4) is 0 Å². The summed E-state index contributed by atoms with van der Waals surface area (Å²) in [4.78, 5) is 32.0. The number of hydrogen-bond donors (Lipinski definition) is 4. The molecule has 0 aromatic carbocycles. The highest BCUT2D eigenvalue weighted by Crippen LogP contribution is 2.32. The molecule has 0 radical (unpaired) electrons. The first kappa shape index (κ1) is 13.0. The molecule has 8 heteroatoms. The maximum atomic E-state index is 10.9. The number of aliphatic carboxylic acids is 1. The highest BCUT2D eigenvalue weighted by atomic mass is 32.1. The summed E-state index contributed by atoms with van der Waals surface area (Å²) in [5.74, 6) is -3.69. The second kappa shape index (κ2) is 4.83. The largest absolute Gasteiger partial charge is 0.480 e. The first-order valence-electron chi connectivity index (χ1n) is 4.40. The van der Waals surface area contributed by atoms with Crippen molar-refractivity contribution in [2.45, 2.75) is 6.92 Å². The van der Waals surface area contributed by atoms with Crippen LogP contribution in [0.4, 0.5) is 5.00 Å². The molecule has 0 aliphatic rings. The quantitative estimate of drug-likeness (QED) is 0.620. The van der Waals surface area contributed by atoms with Gasteiger partial charge in [-0.2, -0.15) is 0 Å². The van der Waals surface area contributed by atoms with E-state index in [1.54, 1.807) is 0 Å². The molecule has 0 aliphatic carbocycles. The van der Waals surface area contributed by atoms with Crippen LogP contribution in [0.15, 0.2) is 0 Å². The van der Waals surface area contributed by atoms with Gasteiger partial charge in [0, 0.05) is 0 Å². The van der Waals surface area contributed by atoms with Crippen LogP contribution in [0.2, 0.25) is 0 Å². The van der Waals surface area contributed by atoms with Crippen LogP contribution in [0.5, 0.6) is 0 Å². The van der Waals surface area contributed by atoms with Gasteiger partial charge in [-0.05, 0) is 12.5 Å². The standard InChI is InChI=1S/C9H9NO6S/c1-3-5(8(13)14)7(10-2-4(11)12)17-6(3)9(15)16/h10H,2H2,1H3,(H,11,12)(H,13,14)(H,15,16). The van der Waals surface area contributed by atoms with E-state index in [2.05, 4.69) is 5.32 Å². The minimum Gasteiger partial charge on any atom is -0.480 e. The van der Waals surface area contributed by atoms with Gasteiger partial charge in [-0.1, -0.05) is 0 Å². The van der Waals surface area contributed by atoms with E-state index in [-0.39, 0.29) is 21.0 Å². The molecular formula is C9H9NO6S. The van der Waals surface area contributed by atoms with Crippen LogP contribution in [0.25, 0.3) is 0 Å². The molecule has 0 saturated carbocycles. The monoisotopic (exact) mass is 259 g/mol. The molecule has 1 heterocycles. The number of aromatic carboxylic acids is 2. The van der Waals surface area contributed by atoms with Gasteiger partial charge in [0.25, 0.3) is 0 Å². The summed E-state index contributed by atoms with van der Waals surface area (Å²) < 4.78 is 0. The second-order valence-electron chi connectivity index (χ2n) is 3.12. The van der Waals surface area contributed by atoms with Gasteiger partial charge in [0.1, 0.15) is 16.4 Å². The molecular weight excluding hydrogens is 250 g/mol. The summed E-state index contributed by atoms with van der Waals surface area (Å²) in [6.07, 6.45) is 0. The van der Waals surface area contributed by atoms with E-state index in [0.717, 1.165) is 0 Å². The second-order valence-corrected chi connectivity index (χ2v) is 4.14. The lowest BCUT2D eigenvalue weighted by atomic mass is 10.1. The van der Waals surface area contributed by atoms with E-state index in [1.165, 1.54) is 6.92 Å². The zero-order chi connectivity index (χ0) is 13.2. The number of nitrogens with one attached hydrogen (secondary N) is 1. The third-order valence-electron chi connectivity index (χ3n) is 1.96. The molecule has 0 aliphatic heterocycles. The first-order chi connectivity index (χ1) is 7.84. The first-order valence-corrected chi connectivity index (χ1v) is 5.22. The Kier molecular flexibility index (Phi) is 3.69. The van der Waals surface area contributed by atoms with Crippen LogP contribution in [-0.4, -0.2) is 39.8 Å². The van der Waals surface area contributed by atoms with Gasteiger partial charge in [-0.25, -0.2) is 9.59 Å². The Morgan fingerprint density at radius 1 is 1.18 bits per heavy atom. The van der Waals surface area contributed by atoms with E-state index >= 15 is 0 Å². The Bertz CT molecular complexity index is 492. The fourth-order valence-corrected chi connectivity index (χ4v) is 2.29. The summed E-state index contributed by atoms with van der Waals surface area (Å²) in [5.41, 5.74) is -0.0865. The van der Waals surface area contributed by atoms with Crippen molar-refractivity contribution in [2.24, 2.45) is 0 Å². The van der Waals surface area contributed by atoms with Crippen LogP contribution in [0, 0.1) is 6.92 Å². The Balaban J connectivity index is 3.19. The molecule has 92 valence electrons. The molecule has 0 fully saturated rings. The van der Waals surface area contributed by atoms with E-state index in [1.807, 2.05) is 0 Å². The Labute approximate surface area is 99.3 Å². The normalized spacial score (nSPS) is 9.94. The maximum Gasteiger partial charge on any atom is 0.346 e. The molecule has 0 amide bonds.